The van der Waals surface area contributed by atoms with E-state index in [1.165, 1.54) is 12.8 Å². The highest BCUT2D eigenvalue weighted by Crippen LogP contribution is 2.19. The summed E-state index contributed by atoms with van der Waals surface area (Å²) in [5.41, 5.74) is 0.841. The van der Waals surface area contributed by atoms with Crippen molar-refractivity contribution in [3.8, 4) is 0 Å². The van der Waals surface area contributed by atoms with Gasteiger partial charge in [-0.05, 0) is 44.4 Å². The third-order valence-electron chi connectivity index (χ3n) is 3.96. The van der Waals surface area contributed by atoms with E-state index in [0.29, 0.717) is 17.4 Å². The molecule has 21 heavy (non-hydrogen) atoms. The number of amides is 1. The van der Waals surface area contributed by atoms with Crippen LogP contribution in [0, 0.1) is 0 Å². The predicted molar refractivity (Wildman–Crippen MR) is 82.9 cm³/mol. The van der Waals surface area contributed by atoms with Gasteiger partial charge in [0.05, 0.1) is 16.6 Å². The van der Waals surface area contributed by atoms with Crippen LogP contribution in [0.2, 0.25) is 0 Å². The number of hydrogen-bond donors (Lipinski definition) is 1. The van der Waals surface area contributed by atoms with Crippen LogP contribution in [0.1, 0.15) is 45.1 Å². The van der Waals surface area contributed by atoms with Crippen molar-refractivity contribution in [2.75, 3.05) is 0 Å². The minimum absolute atomic E-state index is 0.0152. The second-order valence-corrected chi connectivity index (χ2v) is 8.47. The molecule has 1 aromatic carbocycles. The van der Waals surface area contributed by atoms with Gasteiger partial charge in [-0.3, -0.25) is 4.79 Å². The molecule has 0 radical (unpaired) electrons. The summed E-state index contributed by atoms with van der Waals surface area (Å²) in [7, 11) is -3.24. The van der Waals surface area contributed by atoms with Crippen molar-refractivity contribution in [1.82, 2.24) is 5.32 Å². The summed E-state index contributed by atoms with van der Waals surface area (Å²) in [6.07, 6.45) is 4.81. The summed E-state index contributed by atoms with van der Waals surface area (Å²) in [6.45, 7) is 3.33. The highest BCUT2D eigenvalue weighted by atomic mass is 32.2. The summed E-state index contributed by atoms with van der Waals surface area (Å²) in [5, 5.41) is 2.60. The highest BCUT2D eigenvalue weighted by Gasteiger charge is 2.19. The lowest BCUT2D eigenvalue weighted by Crippen LogP contribution is -2.33. The molecule has 0 atom stereocenters. The van der Waals surface area contributed by atoms with Crippen LogP contribution in [-0.2, 0) is 21.1 Å². The number of hydrogen-bond acceptors (Lipinski definition) is 3. The van der Waals surface area contributed by atoms with Crippen molar-refractivity contribution in [3.05, 3.63) is 29.8 Å². The molecule has 5 heteroatoms. The molecule has 1 aliphatic rings. The first-order chi connectivity index (χ1) is 9.89. The Morgan fingerprint density at radius 3 is 2.29 bits per heavy atom. The number of rotatable bonds is 5. The second kappa shape index (κ2) is 6.60. The van der Waals surface area contributed by atoms with Crippen LogP contribution in [0.3, 0.4) is 0 Å². The molecule has 1 amide bonds. The summed E-state index contributed by atoms with van der Waals surface area (Å²) >= 11 is 0. The molecule has 1 N–H and O–H groups in total. The van der Waals surface area contributed by atoms with E-state index in [-0.39, 0.29) is 5.91 Å². The van der Waals surface area contributed by atoms with Crippen LogP contribution in [0.25, 0.3) is 0 Å². The van der Waals surface area contributed by atoms with Crippen LogP contribution in [0.15, 0.2) is 29.2 Å². The number of benzene rings is 1. The zero-order valence-electron chi connectivity index (χ0n) is 12.6. The number of nitrogens with one attached hydrogen (secondary N) is 1. The molecule has 1 fully saturated rings. The van der Waals surface area contributed by atoms with E-state index in [4.69, 9.17) is 0 Å². The Hall–Kier alpha value is -1.36. The third-order valence-corrected chi connectivity index (χ3v) is 6.13. The van der Waals surface area contributed by atoms with Crippen molar-refractivity contribution in [2.45, 2.75) is 62.1 Å². The van der Waals surface area contributed by atoms with Gasteiger partial charge in [0.2, 0.25) is 5.91 Å². The third kappa shape index (κ3) is 4.06. The van der Waals surface area contributed by atoms with Gasteiger partial charge >= 0.3 is 0 Å². The Bertz CT molecular complexity index is 584. The summed E-state index contributed by atoms with van der Waals surface area (Å²) in [4.78, 5) is 12.2. The largest absolute Gasteiger partial charge is 0.353 e. The van der Waals surface area contributed by atoms with Crippen molar-refractivity contribution in [1.29, 1.82) is 0 Å². The molecular formula is C16H23NO3S. The average Bonchev–Trinajstić information content (AvgIpc) is 2.91. The first-order valence-electron chi connectivity index (χ1n) is 7.52. The van der Waals surface area contributed by atoms with Crippen LogP contribution in [0.4, 0.5) is 0 Å². The van der Waals surface area contributed by atoms with E-state index < -0.39 is 15.1 Å². The lowest BCUT2D eigenvalue weighted by molar-refractivity contribution is -0.121. The quantitative estimate of drug-likeness (QED) is 0.909. The number of carbonyl (C=O) groups excluding carboxylic acids is 1. The number of carbonyl (C=O) groups is 1. The molecule has 0 saturated heterocycles. The summed E-state index contributed by atoms with van der Waals surface area (Å²) in [6, 6.07) is 6.95. The summed E-state index contributed by atoms with van der Waals surface area (Å²) < 4.78 is 24.0. The van der Waals surface area contributed by atoms with Gasteiger partial charge in [-0.1, -0.05) is 25.0 Å². The van der Waals surface area contributed by atoms with Gasteiger partial charge in [0, 0.05) is 6.04 Å². The van der Waals surface area contributed by atoms with Gasteiger partial charge in [-0.25, -0.2) is 8.42 Å². The Kier molecular flexibility index (Phi) is 5.04. The molecule has 0 bridgehead atoms. The zero-order chi connectivity index (χ0) is 15.5. The van der Waals surface area contributed by atoms with Crippen molar-refractivity contribution < 1.29 is 13.2 Å². The monoisotopic (exact) mass is 309 g/mol. The SMILES string of the molecule is CC(C)S(=O)(=O)c1ccc(CC(=O)NC2CCCC2)cc1. The van der Waals surface area contributed by atoms with Crippen LogP contribution < -0.4 is 5.32 Å². The van der Waals surface area contributed by atoms with Gasteiger partial charge in [-0.15, -0.1) is 0 Å². The predicted octanol–water partition coefficient (Wildman–Crippen LogP) is 2.47. The van der Waals surface area contributed by atoms with Crippen molar-refractivity contribution in [3.63, 3.8) is 0 Å². The van der Waals surface area contributed by atoms with E-state index in [9.17, 15) is 13.2 Å². The number of sulfone groups is 1. The van der Waals surface area contributed by atoms with Gasteiger partial charge in [0.1, 0.15) is 0 Å². The van der Waals surface area contributed by atoms with E-state index in [1.807, 2.05) is 0 Å². The van der Waals surface area contributed by atoms with E-state index in [0.717, 1.165) is 18.4 Å². The molecule has 0 aliphatic heterocycles. The molecule has 4 nitrogen and oxygen atoms in total. The topological polar surface area (TPSA) is 63.2 Å². The van der Waals surface area contributed by atoms with Gasteiger partial charge in [0.15, 0.2) is 9.84 Å². The van der Waals surface area contributed by atoms with Crippen LogP contribution in [-0.4, -0.2) is 25.6 Å². The minimum Gasteiger partial charge on any atom is -0.353 e. The van der Waals surface area contributed by atoms with E-state index in [2.05, 4.69) is 5.32 Å². The second-order valence-electron chi connectivity index (χ2n) is 5.96. The molecule has 0 heterocycles. The summed E-state index contributed by atoms with van der Waals surface area (Å²) in [5.74, 6) is 0.0152. The van der Waals surface area contributed by atoms with Gasteiger partial charge in [-0.2, -0.15) is 0 Å². The molecule has 0 unspecified atom stereocenters. The first-order valence-corrected chi connectivity index (χ1v) is 9.06. The van der Waals surface area contributed by atoms with Gasteiger partial charge in [0.25, 0.3) is 0 Å². The fraction of sp³-hybridized carbons (Fsp3) is 0.562. The van der Waals surface area contributed by atoms with Crippen LogP contribution in [0.5, 0.6) is 0 Å². The first kappa shape index (κ1) is 16.0. The maximum atomic E-state index is 12.0. The molecule has 0 aromatic heterocycles. The smallest absolute Gasteiger partial charge is 0.224 e. The average molecular weight is 309 g/mol. The fourth-order valence-corrected chi connectivity index (χ4v) is 3.66. The molecule has 1 saturated carbocycles. The minimum atomic E-state index is -3.24. The maximum Gasteiger partial charge on any atom is 0.224 e. The van der Waals surface area contributed by atoms with Crippen molar-refractivity contribution in [2.24, 2.45) is 0 Å². The molecule has 0 spiro atoms. The van der Waals surface area contributed by atoms with Crippen LogP contribution >= 0.6 is 0 Å². The lowest BCUT2D eigenvalue weighted by atomic mass is 10.1. The Morgan fingerprint density at radius 2 is 1.76 bits per heavy atom. The fourth-order valence-electron chi connectivity index (χ4n) is 2.60. The molecular weight excluding hydrogens is 286 g/mol. The van der Waals surface area contributed by atoms with E-state index in [1.54, 1.807) is 38.1 Å². The molecule has 2 rings (SSSR count). The molecule has 1 aliphatic carbocycles. The molecule has 1 aromatic rings. The Morgan fingerprint density at radius 1 is 1.19 bits per heavy atom. The van der Waals surface area contributed by atoms with Crippen molar-refractivity contribution >= 4 is 15.7 Å². The Labute approximate surface area is 126 Å². The standard InChI is InChI=1S/C16H23NO3S/c1-12(2)21(19,20)15-9-7-13(8-10-15)11-16(18)17-14-5-3-4-6-14/h7-10,12,14H,3-6,11H2,1-2H3,(H,17,18). The normalized spacial score (nSPS) is 16.3. The van der Waals surface area contributed by atoms with E-state index >= 15 is 0 Å². The highest BCUT2D eigenvalue weighted by molar-refractivity contribution is 7.92. The Balaban J connectivity index is 1.97. The molecule has 116 valence electrons. The van der Waals surface area contributed by atoms with Gasteiger partial charge < -0.3 is 5.32 Å². The lowest BCUT2D eigenvalue weighted by Gasteiger charge is -2.12. The maximum absolute atomic E-state index is 12.0. The zero-order valence-corrected chi connectivity index (χ0v) is 13.4.